The lowest BCUT2D eigenvalue weighted by Crippen LogP contribution is -2.59. The van der Waals surface area contributed by atoms with Gasteiger partial charge in [0.25, 0.3) is 0 Å². The molecule has 0 aromatic heterocycles. The van der Waals surface area contributed by atoms with Gasteiger partial charge in [0, 0.05) is 6.42 Å². The molecule has 1 rings (SSSR count). The standard InChI is InChI=1S/C27H48O9/c1-2-3-4-5-6-7-8-9-10-11-12-13-14-15-16-17-23(30)34-19-21(29)20-35-27-26(33)25(32)24(31)22(18-28)36-27/h7-10,21-22,24-29,31-33H,2-6,11-20H2,1H3/b8-7-,10-9-/t21-,22-,24+,25+,26-,27-/m1/s1. The van der Waals surface area contributed by atoms with Crippen LogP contribution in [0.5, 0.6) is 0 Å². The zero-order valence-electron chi connectivity index (χ0n) is 21.7. The molecule has 1 saturated heterocycles. The highest BCUT2D eigenvalue weighted by Crippen LogP contribution is 2.22. The van der Waals surface area contributed by atoms with E-state index in [0.717, 1.165) is 44.9 Å². The molecule has 9 nitrogen and oxygen atoms in total. The van der Waals surface area contributed by atoms with Crippen LogP contribution in [-0.2, 0) is 19.0 Å². The van der Waals surface area contributed by atoms with Gasteiger partial charge in [-0.1, -0.05) is 69.8 Å². The molecule has 1 aliphatic rings. The number of carbonyl (C=O) groups excluding carboxylic acids is 1. The number of carbonyl (C=O) groups is 1. The SMILES string of the molecule is CCCCCC/C=C\C=C/CCCCCCCC(=O)OC[C@@H](O)CO[C@@H]1O[C@H](CO)[C@H](O)[C@H](O)[C@H]1O. The van der Waals surface area contributed by atoms with Gasteiger partial charge in [-0.3, -0.25) is 4.79 Å². The fourth-order valence-corrected chi connectivity index (χ4v) is 3.82. The molecule has 0 spiro atoms. The number of hydrogen-bond donors (Lipinski definition) is 5. The molecule has 0 aromatic rings. The van der Waals surface area contributed by atoms with Crippen molar-refractivity contribution in [3.8, 4) is 0 Å². The Morgan fingerprint density at radius 2 is 1.47 bits per heavy atom. The Morgan fingerprint density at radius 3 is 2.11 bits per heavy atom. The van der Waals surface area contributed by atoms with Crippen molar-refractivity contribution in [2.24, 2.45) is 0 Å². The number of hydrogen-bond acceptors (Lipinski definition) is 9. The lowest BCUT2D eigenvalue weighted by molar-refractivity contribution is -0.305. The molecule has 210 valence electrons. The third-order valence-electron chi connectivity index (χ3n) is 6.10. The minimum atomic E-state index is -1.56. The second-order valence-corrected chi connectivity index (χ2v) is 9.38. The summed E-state index contributed by atoms with van der Waals surface area (Å²) in [7, 11) is 0. The summed E-state index contributed by atoms with van der Waals surface area (Å²) in [4.78, 5) is 11.9. The van der Waals surface area contributed by atoms with Crippen LogP contribution in [0.25, 0.3) is 0 Å². The summed E-state index contributed by atoms with van der Waals surface area (Å²) >= 11 is 0. The van der Waals surface area contributed by atoms with E-state index in [4.69, 9.17) is 19.3 Å². The molecule has 0 aromatic carbocycles. The summed E-state index contributed by atoms with van der Waals surface area (Å²) in [6.45, 7) is 1.06. The Bertz CT molecular complexity index is 608. The molecule has 0 saturated carbocycles. The van der Waals surface area contributed by atoms with E-state index < -0.39 is 49.4 Å². The molecule has 9 heteroatoms. The number of rotatable bonds is 20. The molecule has 0 amide bonds. The Balaban J connectivity index is 2.01. The van der Waals surface area contributed by atoms with Crippen LogP contribution in [0.15, 0.2) is 24.3 Å². The van der Waals surface area contributed by atoms with Gasteiger partial charge in [-0.05, 0) is 32.1 Å². The second kappa shape index (κ2) is 20.7. The summed E-state index contributed by atoms with van der Waals surface area (Å²) in [5, 5.41) is 48.5. The van der Waals surface area contributed by atoms with Gasteiger partial charge >= 0.3 is 5.97 Å². The summed E-state index contributed by atoms with van der Waals surface area (Å²) < 4.78 is 15.5. The van der Waals surface area contributed by atoms with Gasteiger partial charge in [-0.15, -0.1) is 0 Å². The van der Waals surface area contributed by atoms with Crippen molar-refractivity contribution in [2.45, 2.75) is 121 Å². The Hall–Kier alpha value is -1.33. The molecular weight excluding hydrogens is 468 g/mol. The quantitative estimate of drug-likeness (QED) is 0.0936. The lowest BCUT2D eigenvalue weighted by atomic mass is 9.99. The molecule has 0 bridgehead atoms. The van der Waals surface area contributed by atoms with Crippen LogP contribution < -0.4 is 0 Å². The van der Waals surface area contributed by atoms with Crippen molar-refractivity contribution >= 4 is 5.97 Å². The van der Waals surface area contributed by atoms with Crippen molar-refractivity contribution in [3.63, 3.8) is 0 Å². The largest absolute Gasteiger partial charge is 0.463 e. The van der Waals surface area contributed by atoms with E-state index >= 15 is 0 Å². The first-order chi connectivity index (χ1) is 17.4. The fourth-order valence-electron chi connectivity index (χ4n) is 3.82. The molecule has 36 heavy (non-hydrogen) atoms. The van der Waals surface area contributed by atoms with E-state index in [2.05, 4.69) is 31.2 Å². The first-order valence-electron chi connectivity index (χ1n) is 13.5. The minimum Gasteiger partial charge on any atom is -0.463 e. The Labute approximate surface area is 215 Å². The van der Waals surface area contributed by atoms with Crippen LogP contribution in [0.1, 0.15) is 84.0 Å². The molecule has 1 fully saturated rings. The molecule has 6 atom stereocenters. The van der Waals surface area contributed by atoms with Crippen LogP contribution in [0.2, 0.25) is 0 Å². The third-order valence-corrected chi connectivity index (χ3v) is 6.10. The molecular formula is C27H48O9. The van der Waals surface area contributed by atoms with E-state index in [-0.39, 0.29) is 19.6 Å². The summed E-state index contributed by atoms with van der Waals surface area (Å²) in [5.41, 5.74) is 0. The zero-order valence-corrected chi connectivity index (χ0v) is 21.7. The maximum atomic E-state index is 11.9. The first-order valence-corrected chi connectivity index (χ1v) is 13.5. The third kappa shape index (κ3) is 14.4. The average Bonchev–Trinajstić information content (AvgIpc) is 2.88. The second-order valence-electron chi connectivity index (χ2n) is 9.38. The molecule has 0 unspecified atom stereocenters. The van der Waals surface area contributed by atoms with Crippen LogP contribution >= 0.6 is 0 Å². The molecule has 0 radical (unpaired) electrons. The van der Waals surface area contributed by atoms with Crippen molar-refractivity contribution in [3.05, 3.63) is 24.3 Å². The van der Waals surface area contributed by atoms with Gasteiger partial charge < -0.3 is 39.7 Å². The van der Waals surface area contributed by atoms with Gasteiger partial charge in [0.1, 0.15) is 37.1 Å². The molecule has 1 aliphatic heterocycles. The lowest BCUT2D eigenvalue weighted by Gasteiger charge is -2.39. The molecule has 5 N–H and O–H groups in total. The van der Waals surface area contributed by atoms with E-state index in [1.54, 1.807) is 0 Å². The number of unbranched alkanes of at least 4 members (excludes halogenated alkanes) is 9. The minimum absolute atomic E-state index is 0.268. The van der Waals surface area contributed by atoms with E-state index in [9.17, 15) is 25.2 Å². The number of aliphatic hydroxyl groups is 5. The maximum Gasteiger partial charge on any atom is 0.305 e. The van der Waals surface area contributed by atoms with Crippen molar-refractivity contribution in [1.82, 2.24) is 0 Å². The molecule has 1 heterocycles. The van der Waals surface area contributed by atoms with E-state index in [0.29, 0.717) is 0 Å². The molecule has 0 aliphatic carbocycles. The highest BCUT2D eigenvalue weighted by Gasteiger charge is 2.44. The smallest absolute Gasteiger partial charge is 0.305 e. The number of aliphatic hydroxyl groups excluding tert-OH is 5. The monoisotopic (exact) mass is 516 g/mol. The summed E-state index contributed by atoms with van der Waals surface area (Å²) in [5.74, 6) is -0.397. The number of allylic oxidation sites excluding steroid dienone is 4. The average molecular weight is 517 g/mol. The Morgan fingerprint density at radius 1 is 0.861 bits per heavy atom. The van der Waals surface area contributed by atoms with Crippen molar-refractivity contribution in [2.75, 3.05) is 19.8 Å². The zero-order chi connectivity index (χ0) is 26.6. The predicted molar refractivity (Wildman–Crippen MR) is 136 cm³/mol. The van der Waals surface area contributed by atoms with Crippen LogP contribution in [0.4, 0.5) is 0 Å². The highest BCUT2D eigenvalue weighted by atomic mass is 16.7. The number of ether oxygens (including phenoxy) is 3. The summed E-state index contributed by atoms with van der Waals surface area (Å²) in [6, 6.07) is 0. The van der Waals surface area contributed by atoms with Crippen LogP contribution in [0.3, 0.4) is 0 Å². The number of esters is 1. The van der Waals surface area contributed by atoms with E-state index in [1.165, 1.54) is 25.7 Å². The fraction of sp³-hybridized carbons (Fsp3) is 0.815. The van der Waals surface area contributed by atoms with Crippen molar-refractivity contribution in [1.29, 1.82) is 0 Å². The normalized spacial score (nSPS) is 25.6. The van der Waals surface area contributed by atoms with Gasteiger partial charge in [-0.25, -0.2) is 0 Å². The van der Waals surface area contributed by atoms with Crippen LogP contribution in [-0.4, -0.2) is 88.1 Å². The highest BCUT2D eigenvalue weighted by molar-refractivity contribution is 5.69. The van der Waals surface area contributed by atoms with Gasteiger partial charge in [0.2, 0.25) is 0 Å². The predicted octanol–water partition coefficient (Wildman–Crippen LogP) is 2.52. The Kier molecular flexibility index (Phi) is 18.8. The van der Waals surface area contributed by atoms with Crippen molar-refractivity contribution < 1.29 is 44.5 Å². The topological polar surface area (TPSA) is 146 Å². The van der Waals surface area contributed by atoms with Gasteiger partial charge in [0.15, 0.2) is 6.29 Å². The summed E-state index contributed by atoms with van der Waals surface area (Å²) in [6.07, 6.45) is 13.2. The van der Waals surface area contributed by atoms with Gasteiger partial charge in [-0.2, -0.15) is 0 Å². The van der Waals surface area contributed by atoms with Crippen LogP contribution in [0, 0.1) is 0 Å². The first kappa shape index (κ1) is 32.7. The maximum absolute atomic E-state index is 11.9. The van der Waals surface area contributed by atoms with E-state index in [1.807, 2.05) is 0 Å². The van der Waals surface area contributed by atoms with Gasteiger partial charge in [0.05, 0.1) is 13.2 Å².